The molecule has 2 rings (SSSR count). The molecule has 8 heteroatoms. The molecule has 152 valence electrons. The third-order valence-electron chi connectivity index (χ3n) is 3.86. The first kappa shape index (κ1) is 22.0. The zero-order valence-corrected chi connectivity index (χ0v) is 17.6. The lowest BCUT2D eigenvalue weighted by Gasteiger charge is -2.12. The maximum atomic E-state index is 12.4. The van der Waals surface area contributed by atoms with Gasteiger partial charge in [0, 0.05) is 12.2 Å². The average Bonchev–Trinajstić information content (AvgIpc) is 2.64. The van der Waals surface area contributed by atoms with E-state index in [4.69, 9.17) is 16.3 Å². The Morgan fingerprint density at radius 1 is 1.18 bits per heavy atom. The summed E-state index contributed by atoms with van der Waals surface area (Å²) >= 11 is 6.09. The number of halogens is 1. The molecule has 0 saturated carbocycles. The summed E-state index contributed by atoms with van der Waals surface area (Å²) in [6.45, 7) is 3.19. The van der Waals surface area contributed by atoms with E-state index < -0.39 is 10.0 Å². The lowest BCUT2D eigenvalue weighted by molar-refractivity contribution is 0.0953. The quantitative estimate of drug-likeness (QED) is 0.567. The fourth-order valence-corrected chi connectivity index (χ4v) is 3.37. The van der Waals surface area contributed by atoms with Gasteiger partial charge < -0.3 is 10.1 Å². The van der Waals surface area contributed by atoms with Gasteiger partial charge in [-0.2, -0.15) is 0 Å². The van der Waals surface area contributed by atoms with Gasteiger partial charge in [-0.3, -0.25) is 9.52 Å². The second-order valence-corrected chi connectivity index (χ2v) is 8.54. The molecular weight excluding hydrogens is 400 g/mol. The van der Waals surface area contributed by atoms with Crippen LogP contribution in [-0.2, 0) is 16.4 Å². The monoisotopic (exact) mass is 424 g/mol. The van der Waals surface area contributed by atoms with E-state index in [1.54, 1.807) is 0 Å². The Hall–Kier alpha value is -2.25. The number of sulfonamides is 1. The highest BCUT2D eigenvalue weighted by Gasteiger charge is 2.12. The van der Waals surface area contributed by atoms with Crippen molar-refractivity contribution in [1.29, 1.82) is 0 Å². The molecule has 1 amide bonds. The van der Waals surface area contributed by atoms with Crippen molar-refractivity contribution in [2.24, 2.45) is 0 Å². The van der Waals surface area contributed by atoms with E-state index in [-0.39, 0.29) is 16.5 Å². The number of carbonyl (C=O) groups excluding carboxylic acids is 1. The van der Waals surface area contributed by atoms with Crippen molar-refractivity contribution in [2.45, 2.75) is 26.2 Å². The molecule has 0 bridgehead atoms. The lowest BCUT2D eigenvalue weighted by atomic mass is 10.1. The van der Waals surface area contributed by atoms with Crippen molar-refractivity contribution in [3.8, 4) is 5.75 Å². The van der Waals surface area contributed by atoms with Gasteiger partial charge in [0.1, 0.15) is 5.75 Å². The van der Waals surface area contributed by atoms with E-state index in [9.17, 15) is 13.2 Å². The molecule has 0 spiro atoms. The van der Waals surface area contributed by atoms with Crippen LogP contribution in [0.15, 0.2) is 42.5 Å². The van der Waals surface area contributed by atoms with Crippen molar-refractivity contribution >= 4 is 33.2 Å². The number of para-hydroxylation sites is 1. The second-order valence-electron chi connectivity index (χ2n) is 6.38. The first-order valence-electron chi connectivity index (χ1n) is 9.06. The van der Waals surface area contributed by atoms with Gasteiger partial charge in [-0.1, -0.05) is 36.7 Å². The molecule has 2 aromatic rings. The van der Waals surface area contributed by atoms with Crippen LogP contribution in [0.25, 0.3) is 0 Å². The molecule has 0 saturated heterocycles. The highest BCUT2D eigenvalue weighted by Crippen LogP contribution is 2.22. The lowest BCUT2D eigenvalue weighted by Crippen LogP contribution is -2.25. The van der Waals surface area contributed by atoms with Crippen LogP contribution in [-0.4, -0.2) is 33.7 Å². The van der Waals surface area contributed by atoms with Crippen molar-refractivity contribution in [2.75, 3.05) is 24.1 Å². The molecule has 0 fully saturated rings. The minimum absolute atomic E-state index is 0.224. The van der Waals surface area contributed by atoms with Gasteiger partial charge in [0.15, 0.2) is 0 Å². The Morgan fingerprint density at radius 3 is 2.64 bits per heavy atom. The van der Waals surface area contributed by atoms with Crippen LogP contribution < -0.4 is 14.8 Å². The molecule has 6 nitrogen and oxygen atoms in total. The number of aryl methyl sites for hydroxylation is 1. The summed E-state index contributed by atoms with van der Waals surface area (Å²) in [6.07, 6.45) is 3.49. The summed E-state index contributed by atoms with van der Waals surface area (Å²) in [5.41, 5.74) is 1.61. The predicted molar refractivity (Wildman–Crippen MR) is 113 cm³/mol. The second kappa shape index (κ2) is 10.3. The van der Waals surface area contributed by atoms with Gasteiger partial charge in [0.2, 0.25) is 10.0 Å². The number of anilines is 1. The Labute approximate surface area is 171 Å². The van der Waals surface area contributed by atoms with Crippen molar-refractivity contribution in [3.05, 3.63) is 58.6 Å². The summed E-state index contributed by atoms with van der Waals surface area (Å²) < 4.78 is 30.8. The molecule has 0 radical (unpaired) electrons. The first-order chi connectivity index (χ1) is 13.3. The SMILES string of the molecule is CCCOc1ccccc1CCCNC(=O)c1cc(NS(C)(=O)=O)ccc1Cl. The first-order valence-corrected chi connectivity index (χ1v) is 11.3. The van der Waals surface area contributed by atoms with Crippen LogP contribution in [0.1, 0.15) is 35.7 Å². The van der Waals surface area contributed by atoms with Gasteiger partial charge in [-0.05, 0) is 49.1 Å². The molecule has 0 aliphatic heterocycles. The highest BCUT2D eigenvalue weighted by molar-refractivity contribution is 7.92. The summed E-state index contributed by atoms with van der Waals surface area (Å²) in [4.78, 5) is 12.4. The molecule has 0 aliphatic carbocycles. The van der Waals surface area contributed by atoms with Gasteiger partial charge in [-0.15, -0.1) is 0 Å². The summed E-state index contributed by atoms with van der Waals surface area (Å²) in [5.74, 6) is 0.524. The minimum Gasteiger partial charge on any atom is -0.493 e. The Kier molecular flexibility index (Phi) is 8.14. The third kappa shape index (κ3) is 7.05. The van der Waals surface area contributed by atoms with Crippen LogP contribution >= 0.6 is 11.6 Å². The van der Waals surface area contributed by atoms with Gasteiger partial charge >= 0.3 is 0 Å². The van der Waals surface area contributed by atoms with Crippen LogP contribution in [0, 0.1) is 0 Å². The number of amides is 1. The average molecular weight is 425 g/mol. The van der Waals surface area contributed by atoms with Crippen molar-refractivity contribution < 1.29 is 17.9 Å². The van der Waals surface area contributed by atoms with Crippen LogP contribution in [0.3, 0.4) is 0 Å². The summed E-state index contributed by atoms with van der Waals surface area (Å²) in [5, 5.41) is 3.08. The number of benzene rings is 2. The van der Waals surface area contributed by atoms with E-state index in [2.05, 4.69) is 17.0 Å². The number of hydrogen-bond donors (Lipinski definition) is 2. The fourth-order valence-electron chi connectivity index (χ4n) is 2.62. The fraction of sp³-hybridized carbons (Fsp3) is 0.350. The zero-order chi connectivity index (χ0) is 20.6. The topological polar surface area (TPSA) is 84.5 Å². The standard InChI is InChI=1S/C20H25ClN2O4S/c1-3-13-27-19-9-5-4-7-15(19)8-6-12-22-20(24)17-14-16(10-11-18(17)21)23-28(2,25)26/h4-5,7,9-11,14,23H,3,6,8,12-13H2,1-2H3,(H,22,24). The minimum atomic E-state index is -3.43. The number of hydrogen-bond acceptors (Lipinski definition) is 4. The molecule has 0 aromatic heterocycles. The van der Waals surface area contributed by atoms with E-state index >= 15 is 0 Å². The van der Waals surface area contributed by atoms with E-state index in [1.165, 1.54) is 18.2 Å². The summed E-state index contributed by atoms with van der Waals surface area (Å²) in [7, 11) is -3.43. The largest absolute Gasteiger partial charge is 0.493 e. The number of nitrogens with one attached hydrogen (secondary N) is 2. The number of carbonyl (C=O) groups is 1. The molecular formula is C20H25ClN2O4S. The molecule has 0 atom stereocenters. The van der Waals surface area contributed by atoms with Crippen LogP contribution in [0.4, 0.5) is 5.69 Å². The van der Waals surface area contributed by atoms with Crippen molar-refractivity contribution in [3.63, 3.8) is 0 Å². The van der Waals surface area contributed by atoms with E-state index in [1.807, 2.05) is 24.3 Å². The van der Waals surface area contributed by atoms with E-state index in [0.717, 1.165) is 36.8 Å². The van der Waals surface area contributed by atoms with Gasteiger partial charge in [0.25, 0.3) is 5.91 Å². The van der Waals surface area contributed by atoms with E-state index in [0.29, 0.717) is 18.8 Å². The molecule has 0 aliphatic rings. The molecule has 0 unspecified atom stereocenters. The number of rotatable bonds is 10. The molecule has 0 heterocycles. The van der Waals surface area contributed by atoms with Crippen LogP contribution in [0.5, 0.6) is 5.75 Å². The van der Waals surface area contributed by atoms with Crippen LogP contribution in [0.2, 0.25) is 5.02 Å². The molecule has 2 N–H and O–H groups in total. The number of ether oxygens (including phenoxy) is 1. The zero-order valence-electron chi connectivity index (χ0n) is 16.0. The molecule has 28 heavy (non-hydrogen) atoms. The Morgan fingerprint density at radius 2 is 1.93 bits per heavy atom. The highest BCUT2D eigenvalue weighted by atomic mass is 35.5. The van der Waals surface area contributed by atoms with Gasteiger partial charge in [0.05, 0.1) is 23.4 Å². The normalized spacial score (nSPS) is 11.1. The van der Waals surface area contributed by atoms with Crippen molar-refractivity contribution in [1.82, 2.24) is 5.32 Å². The maximum Gasteiger partial charge on any atom is 0.252 e. The maximum absolute atomic E-state index is 12.4. The molecule has 2 aromatic carbocycles. The third-order valence-corrected chi connectivity index (χ3v) is 4.79. The predicted octanol–water partition coefficient (Wildman–Crippen LogP) is 3.86. The van der Waals surface area contributed by atoms with Gasteiger partial charge in [-0.25, -0.2) is 8.42 Å². The Bertz CT molecular complexity index is 916. The smallest absolute Gasteiger partial charge is 0.252 e. The Balaban J connectivity index is 1.92. The summed E-state index contributed by atoms with van der Waals surface area (Å²) in [6, 6.07) is 12.3.